The van der Waals surface area contributed by atoms with Crippen LogP contribution in [-0.2, 0) is 4.79 Å². The minimum atomic E-state index is -0.892. The molecular formula is C20H15ClFN5O4. The van der Waals surface area contributed by atoms with Crippen molar-refractivity contribution >= 4 is 40.7 Å². The van der Waals surface area contributed by atoms with E-state index in [0.29, 0.717) is 18.6 Å². The number of benzene rings is 2. The van der Waals surface area contributed by atoms with Crippen molar-refractivity contribution < 1.29 is 23.5 Å². The Morgan fingerprint density at radius 1 is 1.32 bits per heavy atom. The number of hydrogen-bond acceptors (Lipinski definition) is 5. The maximum atomic E-state index is 14.2. The Hall–Kier alpha value is -3.62. The molecule has 0 aromatic heterocycles. The quantitative estimate of drug-likeness (QED) is 0.305. The summed E-state index contributed by atoms with van der Waals surface area (Å²) in [5, 5.41) is 3.05. The number of azide groups is 1. The van der Waals surface area contributed by atoms with Crippen molar-refractivity contribution in [2.24, 2.45) is 5.11 Å². The summed E-state index contributed by atoms with van der Waals surface area (Å²) in [6.45, 7) is 0.284. The lowest BCUT2D eigenvalue weighted by atomic mass is 10.1. The smallest absolute Gasteiger partial charge is 0.265 e. The second kappa shape index (κ2) is 7.90. The molecule has 11 heteroatoms. The second-order valence-electron chi connectivity index (χ2n) is 6.96. The van der Waals surface area contributed by atoms with Crippen LogP contribution in [0.1, 0.15) is 33.6 Å². The molecular weight excluding hydrogens is 429 g/mol. The largest absolute Gasteiger partial charge is 0.497 e. The number of nitrogens with zero attached hydrogens (tertiary/aromatic N) is 5. The summed E-state index contributed by atoms with van der Waals surface area (Å²) in [6, 6.07) is 5.45. The van der Waals surface area contributed by atoms with E-state index in [1.165, 1.54) is 36.3 Å². The van der Waals surface area contributed by atoms with Gasteiger partial charge in [0, 0.05) is 11.5 Å². The monoisotopic (exact) mass is 443 g/mol. The molecule has 4 rings (SSSR count). The highest BCUT2D eigenvalue weighted by Gasteiger charge is 2.45. The Morgan fingerprint density at radius 3 is 2.81 bits per heavy atom. The number of imide groups is 1. The van der Waals surface area contributed by atoms with Crippen LogP contribution < -0.4 is 9.64 Å². The highest BCUT2D eigenvalue weighted by atomic mass is 35.5. The summed E-state index contributed by atoms with van der Waals surface area (Å²) in [5.74, 6) is -2.67. The second-order valence-corrected chi connectivity index (χ2v) is 7.34. The third-order valence-electron chi connectivity index (χ3n) is 5.34. The molecule has 0 aliphatic carbocycles. The average Bonchev–Trinajstić information content (AvgIpc) is 3.23. The van der Waals surface area contributed by atoms with Crippen LogP contribution in [0.4, 0.5) is 15.8 Å². The number of anilines is 1. The first kappa shape index (κ1) is 20.6. The van der Waals surface area contributed by atoms with E-state index in [2.05, 4.69) is 10.0 Å². The van der Waals surface area contributed by atoms with Gasteiger partial charge in [-0.25, -0.2) is 9.29 Å². The minimum Gasteiger partial charge on any atom is -0.497 e. The Labute approximate surface area is 180 Å². The van der Waals surface area contributed by atoms with Crippen LogP contribution >= 0.6 is 11.6 Å². The van der Waals surface area contributed by atoms with E-state index in [4.69, 9.17) is 21.9 Å². The van der Waals surface area contributed by atoms with Gasteiger partial charge < -0.3 is 9.64 Å². The first-order valence-corrected chi connectivity index (χ1v) is 9.67. The van der Waals surface area contributed by atoms with Gasteiger partial charge in [0.15, 0.2) is 0 Å². The number of amides is 3. The summed E-state index contributed by atoms with van der Waals surface area (Å²) in [7, 11) is 1.39. The van der Waals surface area contributed by atoms with Crippen molar-refractivity contribution in [1.82, 2.24) is 4.90 Å². The summed E-state index contributed by atoms with van der Waals surface area (Å²) in [6.07, 6.45) is 0.902. The van der Waals surface area contributed by atoms with Crippen LogP contribution in [0.5, 0.6) is 5.75 Å². The highest BCUT2D eigenvalue weighted by Crippen LogP contribution is 2.39. The zero-order valence-corrected chi connectivity index (χ0v) is 17.0. The lowest BCUT2D eigenvalue weighted by Crippen LogP contribution is -2.47. The summed E-state index contributed by atoms with van der Waals surface area (Å²) in [5.41, 5.74) is 8.33. The molecule has 2 heterocycles. The summed E-state index contributed by atoms with van der Waals surface area (Å²) in [4.78, 5) is 44.9. The van der Waals surface area contributed by atoms with Crippen LogP contribution in [0, 0.1) is 5.82 Å². The highest BCUT2D eigenvalue weighted by molar-refractivity contribution is 6.37. The standard InChI is InChI=1S/C20H15ClFN5O4/c1-31-10-4-6-13(24-25-23)11(9-10)18(28)27-14-7-5-12(22)17(21)16(14)20(30)26-8-2-3-15(26)19(27)29/h4-7,9,15H,2-3,8H2,1H3/t15-/m0/s1. The van der Waals surface area contributed by atoms with Crippen LogP contribution in [0.3, 0.4) is 0 Å². The van der Waals surface area contributed by atoms with Gasteiger partial charge in [-0.15, -0.1) is 0 Å². The molecule has 9 nitrogen and oxygen atoms in total. The first-order valence-electron chi connectivity index (χ1n) is 9.29. The van der Waals surface area contributed by atoms with Gasteiger partial charge in [-0.2, -0.15) is 0 Å². The van der Waals surface area contributed by atoms with Gasteiger partial charge in [0.1, 0.15) is 17.6 Å². The van der Waals surface area contributed by atoms with Gasteiger partial charge in [-0.3, -0.25) is 14.4 Å². The fourth-order valence-electron chi connectivity index (χ4n) is 3.89. The molecule has 0 saturated carbocycles. The van der Waals surface area contributed by atoms with E-state index in [1.807, 2.05) is 0 Å². The van der Waals surface area contributed by atoms with E-state index < -0.39 is 34.6 Å². The van der Waals surface area contributed by atoms with Crippen molar-refractivity contribution in [3.8, 4) is 5.75 Å². The zero-order chi connectivity index (χ0) is 22.3. The average molecular weight is 444 g/mol. The number of halogens is 2. The van der Waals surface area contributed by atoms with Gasteiger partial charge in [0.05, 0.1) is 34.6 Å². The molecule has 0 bridgehead atoms. The molecule has 1 saturated heterocycles. The number of rotatable bonds is 3. The Bertz CT molecular complexity index is 1180. The van der Waals surface area contributed by atoms with Gasteiger partial charge in [-0.05, 0) is 48.7 Å². The Balaban J connectivity index is 1.96. The number of carbonyl (C=O) groups excluding carboxylic acids is 3. The van der Waals surface area contributed by atoms with Crippen LogP contribution in [0.25, 0.3) is 10.4 Å². The molecule has 0 unspecified atom stereocenters. The molecule has 1 atom stereocenters. The lowest BCUT2D eigenvalue weighted by Gasteiger charge is -2.25. The Kier molecular flexibility index (Phi) is 5.26. The number of hydrogen-bond donors (Lipinski definition) is 0. The summed E-state index contributed by atoms with van der Waals surface area (Å²) < 4.78 is 19.3. The van der Waals surface area contributed by atoms with Crippen LogP contribution in [0.15, 0.2) is 35.4 Å². The number of methoxy groups -OCH3 is 1. The fraction of sp³-hybridized carbons (Fsp3) is 0.250. The van der Waals surface area contributed by atoms with E-state index >= 15 is 0 Å². The van der Waals surface area contributed by atoms with Crippen molar-refractivity contribution in [3.05, 3.63) is 62.7 Å². The molecule has 31 heavy (non-hydrogen) atoms. The topological polar surface area (TPSA) is 116 Å². The van der Waals surface area contributed by atoms with E-state index in [9.17, 15) is 18.8 Å². The molecule has 158 valence electrons. The predicted octanol–water partition coefficient (Wildman–Crippen LogP) is 4.22. The normalized spacial score (nSPS) is 17.6. The van der Waals surface area contributed by atoms with Crippen molar-refractivity contribution in [2.75, 3.05) is 18.6 Å². The van der Waals surface area contributed by atoms with Gasteiger partial charge >= 0.3 is 0 Å². The fourth-order valence-corrected chi connectivity index (χ4v) is 4.13. The Morgan fingerprint density at radius 2 is 2.10 bits per heavy atom. The van der Waals surface area contributed by atoms with Crippen molar-refractivity contribution in [2.45, 2.75) is 18.9 Å². The number of carbonyl (C=O) groups is 3. The molecule has 2 aromatic rings. The molecule has 3 amide bonds. The van der Waals surface area contributed by atoms with Gasteiger partial charge in [0.25, 0.3) is 17.7 Å². The van der Waals surface area contributed by atoms with Crippen molar-refractivity contribution in [1.29, 1.82) is 0 Å². The number of ether oxygens (including phenoxy) is 1. The molecule has 2 aromatic carbocycles. The number of fused-ring (bicyclic) bond motifs is 2. The first-order chi connectivity index (χ1) is 14.9. The molecule has 2 aliphatic heterocycles. The maximum absolute atomic E-state index is 14.2. The minimum absolute atomic E-state index is 0.0327. The molecule has 0 spiro atoms. The SMILES string of the molecule is COc1ccc(N=[N+]=[N-])c(C(=O)N2C(=O)[C@@H]3CCCN3C(=O)c3c2ccc(F)c3Cl)c1. The van der Waals surface area contributed by atoms with Gasteiger partial charge in [-0.1, -0.05) is 16.7 Å². The third-order valence-corrected chi connectivity index (χ3v) is 5.71. The van der Waals surface area contributed by atoms with E-state index in [1.54, 1.807) is 0 Å². The predicted molar refractivity (Wildman–Crippen MR) is 109 cm³/mol. The third kappa shape index (κ3) is 3.26. The van der Waals surface area contributed by atoms with Crippen LogP contribution in [-0.4, -0.2) is 42.3 Å². The van der Waals surface area contributed by atoms with E-state index in [-0.39, 0.29) is 29.0 Å². The molecule has 1 fully saturated rings. The van der Waals surface area contributed by atoms with E-state index in [0.717, 1.165) is 11.0 Å². The van der Waals surface area contributed by atoms with Gasteiger partial charge in [0.2, 0.25) is 0 Å². The van der Waals surface area contributed by atoms with Crippen molar-refractivity contribution in [3.63, 3.8) is 0 Å². The van der Waals surface area contributed by atoms with Crippen LogP contribution in [0.2, 0.25) is 5.02 Å². The molecule has 0 N–H and O–H groups in total. The summed E-state index contributed by atoms with van der Waals surface area (Å²) >= 11 is 6.10. The lowest BCUT2D eigenvalue weighted by molar-refractivity contribution is -0.121. The molecule has 2 aliphatic rings. The maximum Gasteiger partial charge on any atom is 0.265 e. The molecule has 0 radical (unpaired) electrons. The zero-order valence-electron chi connectivity index (χ0n) is 16.2.